The zero-order valence-corrected chi connectivity index (χ0v) is 12.7. The molecule has 23 heavy (non-hydrogen) atoms. The van der Waals surface area contributed by atoms with E-state index < -0.39 is 0 Å². The lowest BCUT2D eigenvalue weighted by Crippen LogP contribution is -2.11. The van der Waals surface area contributed by atoms with Gasteiger partial charge in [-0.3, -0.25) is 4.79 Å². The van der Waals surface area contributed by atoms with Crippen LogP contribution in [-0.2, 0) is 4.79 Å². The minimum Gasteiger partial charge on any atom is -0.497 e. The van der Waals surface area contributed by atoms with Crippen LogP contribution < -0.4 is 9.47 Å². The average molecular weight is 308 g/mol. The summed E-state index contributed by atoms with van der Waals surface area (Å²) in [4.78, 5) is 12.3. The van der Waals surface area contributed by atoms with Gasteiger partial charge >= 0.3 is 5.97 Å². The van der Waals surface area contributed by atoms with Crippen molar-refractivity contribution in [2.75, 3.05) is 7.11 Å². The molecule has 4 heteroatoms. The number of esters is 1. The quantitative estimate of drug-likeness (QED) is 0.536. The second-order valence-corrected chi connectivity index (χ2v) is 5.76. The van der Waals surface area contributed by atoms with Crippen molar-refractivity contribution in [3.05, 3.63) is 60.6 Å². The van der Waals surface area contributed by atoms with Crippen LogP contribution in [-0.4, -0.2) is 13.1 Å². The fraction of sp³-hybridized carbons (Fsp3) is 0.211. The number of carbonyl (C=O) groups excluding carboxylic acids is 1. The van der Waals surface area contributed by atoms with E-state index in [-0.39, 0.29) is 17.8 Å². The molecule has 1 aromatic heterocycles. The van der Waals surface area contributed by atoms with E-state index in [0.717, 1.165) is 28.7 Å². The van der Waals surface area contributed by atoms with Crippen molar-refractivity contribution < 1.29 is 18.7 Å². The molecule has 4 rings (SSSR count). The molecule has 3 aromatic rings. The monoisotopic (exact) mass is 308 g/mol. The Bertz CT molecular complexity index is 851. The van der Waals surface area contributed by atoms with E-state index in [2.05, 4.69) is 0 Å². The molecule has 2 atom stereocenters. The molecule has 1 aliphatic rings. The summed E-state index contributed by atoms with van der Waals surface area (Å²) >= 11 is 0. The van der Waals surface area contributed by atoms with E-state index in [1.165, 1.54) is 0 Å². The van der Waals surface area contributed by atoms with Gasteiger partial charge in [0.1, 0.15) is 17.3 Å². The zero-order chi connectivity index (χ0) is 15.8. The van der Waals surface area contributed by atoms with Gasteiger partial charge in [0.2, 0.25) is 0 Å². The lowest BCUT2D eigenvalue weighted by Gasteiger charge is -2.07. The van der Waals surface area contributed by atoms with E-state index in [1.54, 1.807) is 13.4 Å². The van der Waals surface area contributed by atoms with Gasteiger partial charge in [0.15, 0.2) is 0 Å². The second-order valence-electron chi connectivity index (χ2n) is 5.76. The van der Waals surface area contributed by atoms with Crippen LogP contribution in [0.3, 0.4) is 0 Å². The molecular formula is C19H16O4. The summed E-state index contributed by atoms with van der Waals surface area (Å²) in [5.74, 6) is 2.03. The van der Waals surface area contributed by atoms with Crippen molar-refractivity contribution in [3.63, 3.8) is 0 Å². The maximum atomic E-state index is 12.3. The highest BCUT2D eigenvalue weighted by Gasteiger charge is 2.47. The molecular weight excluding hydrogens is 292 g/mol. The van der Waals surface area contributed by atoms with Gasteiger partial charge in [0, 0.05) is 5.92 Å². The largest absolute Gasteiger partial charge is 0.497 e. The van der Waals surface area contributed by atoms with E-state index in [9.17, 15) is 4.79 Å². The molecule has 0 bridgehead atoms. The van der Waals surface area contributed by atoms with Gasteiger partial charge in [-0.15, -0.1) is 0 Å². The summed E-state index contributed by atoms with van der Waals surface area (Å²) in [6, 6.07) is 15.2. The number of fused-ring (bicyclic) bond motifs is 1. The predicted molar refractivity (Wildman–Crippen MR) is 85.7 cm³/mol. The highest BCUT2D eigenvalue weighted by Crippen LogP contribution is 2.48. The predicted octanol–water partition coefficient (Wildman–Crippen LogP) is 4.15. The topological polar surface area (TPSA) is 48.7 Å². The van der Waals surface area contributed by atoms with Crippen LogP contribution in [0.1, 0.15) is 18.1 Å². The molecule has 0 saturated heterocycles. The zero-order valence-electron chi connectivity index (χ0n) is 12.7. The number of hydrogen-bond acceptors (Lipinski definition) is 4. The Morgan fingerprint density at radius 1 is 1.09 bits per heavy atom. The van der Waals surface area contributed by atoms with Crippen LogP contribution in [0, 0.1) is 5.92 Å². The van der Waals surface area contributed by atoms with Gasteiger partial charge < -0.3 is 13.9 Å². The highest BCUT2D eigenvalue weighted by molar-refractivity contribution is 5.86. The maximum Gasteiger partial charge on any atom is 0.315 e. The number of rotatable bonds is 4. The van der Waals surface area contributed by atoms with Crippen molar-refractivity contribution in [2.45, 2.75) is 12.3 Å². The molecule has 1 heterocycles. The molecule has 0 N–H and O–H groups in total. The molecule has 0 unspecified atom stereocenters. The van der Waals surface area contributed by atoms with Crippen LogP contribution in [0.5, 0.6) is 11.5 Å². The number of benzene rings is 2. The smallest absolute Gasteiger partial charge is 0.315 e. The van der Waals surface area contributed by atoms with Gasteiger partial charge in [0.05, 0.1) is 19.3 Å². The van der Waals surface area contributed by atoms with Gasteiger partial charge in [-0.1, -0.05) is 12.1 Å². The number of hydrogen-bond donors (Lipinski definition) is 0. The Hall–Kier alpha value is -2.75. The van der Waals surface area contributed by atoms with Crippen LogP contribution >= 0.6 is 0 Å². The summed E-state index contributed by atoms with van der Waals surface area (Å²) in [5, 5.41) is 2.05. The third-order valence-electron chi connectivity index (χ3n) is 4.24. The summed E-state index contributed by atoms with van der Waals surface area (Å²) < 4.78 is 16.1. The van der Waals surface area contributed by atoms with Gasteiger partial charge in [-0.05, 0) is 53.6 Å². The molecule has 0 radical (unpaired) electrons. The fourth-order valence-electron chi connectivity index (χ4n) is 2.86. The number of furan rings is 1. The van der Waals surface area contributed by atoms with Crippen LogP contribution in [0.2, 0.25) is 0 Å². The van der Waals surface area contributed by atoms with E-state index in [1.807, 2.05) is 48.5 Å². The third-order valence-corrected chi connectivity index (χ3v) is 4.24. The van der Waals surface area contributed by atoms with Crippen LogP contribution in [0.15, 0.2) is 59.2 Å². The van der Waals surface area contributed by atoms with Crippen molar-refractivity contribution in [1.29, 1.82) is 0 Å². The lowest BCUT2D eigenvalue weighted by atomic mass is 10.1. The second kappa shape index (κ2) is 5.47. The van der Waals surface area contributed by atoms with Crippen molar-refractivity contribution in [3.8, 4) is 11.5 Å². The SMILES string of the molecule is COc1ccc2ccc(OC(=O)[C@@H]3C[C@H]3c3ccco3)cc2c1. The van der Waals surface area contributed by atoms with Crippen molar-refractivity contribution in [2.24, 2.45) is 5.92 Å². The number of carbonyl (C=O) groups is 1. The molecule has 116 valence electrons. The van der Waals surface area contributed by atoms with E-state index in [4.69, 9.17) is 13.9 Å². The first kappa shape index (κ1) is 13.9. The highest BCUT2D eigenvalue weighted by atomic mass is 16.5. The van der Waals surface area contributed by atoms with Crippen molar-refractivity contribution >= 4 is 16.7 Å². The Kier molecular flexibility index (Phi) is 3.30. The van der Waals surface area contributed by atoms with Gasteiger partial charge in [-0.2, -0.15) is 0 Å². The fourth-order valence-corrected chi connectivity index (χ4v) is 2.86. The summed E-state index contributed by atoms with van der Waals surface area (Å²) in [6.07, 6.45) is 2.42. The maximum absolute atomic E-state index is 12.3. The number of ether oxygens (including phenoxy) is 2. The molecule has 1 fully saturated rings. The Morgan fingerprint density at radius 3 is 2.61 bits per heavy atom. The average Bonchev–Trinajstić information content (AvgIpc) is 3.20. The Morgan fingerprint density at radius 2 is 1.87 bits per heavy atom. The normalized spacial score (nSPS) is 19.5. The molecule has 0 spiro atoms. The van der Waals surface area contributed by atoms with Crippen LogP contribution in [0.4, 0.5) is 0 Å². The van der Waals surface area contributed by atoms with E-state index >= 15 is 0 Å². The Balaban J connectivity index is 1.50. The van der Waals surface area contributed by atoms with Crippen LogP contribution in [0.25, 0.3) is 10.8 Å². The summed E-state index contributed by atoms with van der Waals surface area (Å²) in [7, 11) is 1.63. The van der Waals surface area contributed by atoms with Gasteiger partial charge in [0.25, 0.3) is 0 Å². The minimum absolute atomic E-state index is 0.109. The first-order chi connectivity index (χ1) is 11.2. The van der Waals surface area contributed by atoms with Gasteiger partial charge in [-0.25, -0.2) is 0 Å². The summed E-state index contributed by atoms with van der Waals surface area (Å²) in [6.45, 7) is 0. The molecule has 0 aliphatic heterocycles. The molecule has 1 saturated carbocycles. The number of methoxy groups -OCH3 is 1. The van der Waals surface area contributed by atoms with E-state index in [0.29, 0.717) is 5.75 Å². The van der Waals surface area contributed by atoms with Crippen molar-refractivity contribution in [1.82, 2.24) is 0 Å². The molecule has 0 amide bonds. The standard InChI is InChI=1S/C19H16O4/c1-21-14-6-4-12-5-7-15(10-13(12)9-14)23-19(20)17-11-16(17)18-3-2-8-22-18/h2-10,16-17H,11H2,1H3/t16-,17-/m1/s1. The molecule has 2 aromatic carbocycles. The minimum atomic E-state index is -0.200. The molecule has 1 aliphatic carbocycles. The first-order valence-electron chi connectivity index (χ1n) is 7.57. The first-order valence-corrected chi connectivity index (χ1v) is 7.57. The summed E-state index contributed by atoms with van der Waals surface area (Å²) in [5.41, 5.74) is 0. The molecule has 4 nitrogen and oxygen atoms in total. The lowest BCUT2D eigenvalue weighted by molar-refractivity contribution is -0.135. The Labute approximate surface area is 133 Å². The third kappa shape index (κ3) is 2.68.